The number of aliphatic hydroxyl groups is 1. The fourth-order valence-electron chi connectivity index (χ4n) is 3.35. The highest BCUT2D eigenvalue weighted by Gasteiger charge is 2.36. The quantitative estimate of drug-likeness (QED) is 0.916. The van der Waals surface area contributed by atoms with Crippen LogP contribution >= 0.6 is 0 Å². The van der Waals surface area contributed by atoms with E-state index in [2.05, 4.69) is 0 Å². The molecule has 5 nitrogen and oxygen atoms in total. The van der Waals surface area contributed by atoms with Crippen LogP contribution < -0.4 is 5.56 Å². The van der Waals surface area contributed by atoms with E-state index in [1.807, 2.05) is 45.0 Å². The molecular formula is C19H24N2O3. The Bertz CT molecular complexity index is 838. The molecule has 0 radical (unpaired) electrons. The van der Waals surface area contributed by atoms with Crippen LogP contribution in [0.2, 0.25) is 0 Å². The number of carbonyl (C=O) groups excluding carboxylic acids is 1. The Morgan fingerprint density at radius 1 is 1.38 bits per heavy atom. The summed E-state index contributed by atoms with van der Waals surface area (Å²) in [5, 5.41) is 11.2. The molecule has 2 unspecified atom stereocenters. The van der Waals surface area contributed by atoms with Gasteiger partial charge < -0.3 is 10.0 Å². The summed E-state index contributed by atoms with van der Waals surface area (Å²) in [6, 6.07) is 9.23. The first-order chi connectivity index (χ1) is 11.3. The molecule has 2 atom stereocenters. The predicted molar refractivity (Wildman–Crippen MR) is 93.9 cm³/mol. The Morgan fingerprint density at radius 2 is 2.08 bits per heavy atom. The Labute approximate surface area is 141 Å². The smallest absolute Gasteiger partial charge is 0.251 e. The molecule has 1 saturated heterocycles. The summed E-state index contributed by atoms with van der Waals surface area (Å²) in [5.41, 5.74) is 0.816. The van der Waals surface area contributed by atoms with Crippen LogP contribution in [0.3, 0.4) is 0 Å². The van der Waals surface area contributed by atoms with Crippen LogP contribution in [-0.2, 0) is 11.3 Å². The number of piperidine rings is 1. The summed E-state index contributed by atoms with van der Waals surface area (Å²) in [7, 11) is 0. The summed E-state index contributed by atoms with van der Waals surface area (Å²) in [6.45, 7) is 6.75. The van der Waals surface area contributed by atoms with E-state index in [0.717, 1.165) is 16.5 Å². The highest BCUT2D eigenvalue weighted by atomic mass is 16.3. The third-order valence-corrected chi connectivity index (χ3v) is 5.32. The van der Waals surface area contributed by atoms with Gasteiger partial charge >= 0.3 is 0 Å². The first-order valence-corrected chi connectivity index (χ1v) is 8.39. The number of likely N-dealkylation sites (tertiary alicyclic amines) is 1. The number of hydrogen-bond donors (Lipinski definition) is 1. The number of benzene rings is 1. The van der Waals surface area contributed by atoms with Gasteiger partial charge in [0.25, 0.3) is 5.56 Å². The second kappa shape index (κ2) is 6.06. The molecule has 1 aliphatic rings. The molecule has 1 N–H and O–H groups in total. The molecule has 0 spiro atoms. The van der Waals surface area contributed by atoms with Crippen LogP contribution in [0.25, 0.3) is 10.9 Å². The topological polar surface area (TPSA) is 62.5 Å². The van der Waals surface area contributed by atoms with Crippen molar-refractivity contribution in [1.82, 2.24) is 9.47 Å². The molecule has 1 fully saturated rings. The SMILES string of the molecule is Cc1cc(=O)n(CC(=O)N2CCC(C)(O)C(C)C2)c2ccccc12. The molecule has 2 aromatic rings. The van der Waals surface area contributed by atoms with Crippen molar-refractivity contribution in [3.8, 4) is 0 Å². The monoisotopic (exact) mass is 328 g/mol. The molecular weight excluding hydrogens is 304 g/mol. The van der Waals surface area contributed by atoms with Crippen molar-refractivity contribution in [1.29, 1.82) is 0 Å². The van der Waals surface area contributed by atoms with Gasteiger partial charge in [0.05, 0.1) is 11.1 Å². The zero-order valence-electron chi connectivity index (χ0n) is 14.5. The van der Waals surface area contributed by atoms with Gasteiger partial charge in [0.15, 0.2) is 0 Å². The minimum absolute atomic E-state index is 0.0154. The van der Waals surface area contributed by atoms with E-state index in [1.54, 1.807) is 15.5 Å². The first-order valence-electron chi connectivity index (χ1n) is 8.39. The lowest BCUT2D eigenvalue weighted by molar-refractivity contribution is -0.138. The van der Waals surface area contributed by atoms with Crippen LogP contribution in [0.15, 0.2) is 35.1 Å². The normalized spacial score (nSPS) is 24.3. The Hall–Kier alpha value is -2.14. The van der Waals surface area contributed by atoms with Gasteiger partial charge in [0, 0.05) is 30.5 Å². The van der Waals surface area contributed by atoms with E-state index < -0.39 is 5.60 Å². The molecule has 0 saturated carbocycles. The van der Waals surface area contributed by atoms with Gasteiger partial charge in [-0.1, -0.05) is 25.1 Å². The number of rotatable bonds is 2. The summed E-state index contributed by atoms with van der Waals surface area (Å²) in [5.74, 6) is -0.0601. The van der Waals surface area contributed by atoms with E-state index in [0.29, 0.717) is 19.5 Å². The summed E-state index contributed by atoms with van der Waals surface area (Å²) < 4.78 is 1.54. The van der Waals surface area contributed by atoms with Crippen LogP contribution in [0.1, 0.15) is 25.8 Å². The largest absolute Gasteiger partial charge is 0.390 e. The van der Waals surface area contributed by atoms with Gasteiger partial charge in [0.2, 0.25) is 5.91 Å². The average molecular weight is 328 g/mol. The van der Waals surface area contributed by atoms with E-state index in [-0.39, 0.29) is 23.9 Å². The number of hydrogen-bond acceptors (Lipinski definition) is 3. The number of nitrogens with zero attached hydrogens (tertiary/aromatic N) is 2. The first kappa shape index (κ1) is 16.7. The second-order valence-corrected chi connectivity index (χ2v) is 7.12. The van der Waals surface area contributed by atoms with Gasteiger partial charge in [-0.15, -0.1) is 0 Å². The maximum Gasteiger partial charge on any atom is 0.251 e. The van der Waals surface area contributed by atoms with E-state index >= 15 is 0 Å². The summed E-state index contributed by atoms with van der Waals surface area (Å²) >= 11 is 0. The van der Waals surface area contributed by atoms with E-state index in [9.17, 15) is 14.7 Å². The minimum Gasteiger partial charge on any atom is -0.390 e. The molecule has 1 aromatic carbocycles. The average Bonchev–Trinajstić information content (AvgIpc) is 2.54. The second-order valence-electron chi connectivity index (χ2n) is 7.12. The maximum absolute atomic E-state index is 12.7. The standard InChI is InChI=1S/C19H24N2O3/c1-13-10-17(22)21(16-7-5-4-6-15(13)16)12-18(23)20-9-8-19(3,24)14(2)11-20/h4-7,10,14,24H,8-9,11-12H2,1-3H3. The highest BCUT2D eigenvalue weighted by Crippen LogP contribution is 2.27. The predicted octanol–water partition coefficient (Wildman–Crippen LogP) is 1.93. The Morgan fingerprint density at radius 3 is 2.79 bits per heavy atom. The number of aromatic nitrogens is 1. The van der Waals surface area contributed by atoms with Crippen molar-refractivity contribution < 1.29 is 9.90 Å². The van der Waals surface area contributed by atoms with Gasteiger partial charge in [-0.2, -0.15) is 0 Å². The minimum atomic E-state index is -0.732. The lowest BCUT2D eigenvalue weighted by atomic mass is 9.84. The number of aryl methyl sites for hydroxylation is 1. The van der Waals surface area contributed by atoms with Crippen molar-refractivity contribution >= 4 is 16.8 Å². The van der Waals surface area contributed by atoms with Crippen molar-refractivity contribution in [3.05, 3.63) is 46.2 Å². The third kappa shape index (κ3) is 2.96. The number of amides is 1. The van der Waals surface area contributed by atoms with Crippen LogP contribution in [0.4, 0.5) is 0 Å². The lowest BCUT2D eigenvalue weighted by Crippen LogP contribution is -2.51. The molecule has 1 aliphatic heterocycles. The van der Waals surface area contributed by atoms with E-state index in [4.69, 9.17) is 0 Å². The number of para-hydroxylation sites is 1. The molecule has 3 rings (SSSR count). The van der Waals surface area contributed by atoms with Crippen molar-refractivity contribution in [3.63, 3.8) is 0 Å². The van der Waals surface area contributed by atoms with Gasteiger partial charge in [0.1, 0.15) is 6.54 Å². The number of carbonyl (C=O) groups is 1. The van der Waals surface area contributed by atoms with Crippen LogP contribution in [0, 0.1) is 12.8 Å². The maximum atomic E-state index is 12.7. The molecule has 24 heavy (non-hydrogen) atoms. The molecule has 5 heteroatoms. The van der Waals surface area contributed by atoms with Crippen LogP contribution in [-0.4, -0.2) is 39.2 Å². The highest BCUT2D eigenvalue weighted by molar-refractivity contribution is 5.84. The summed E-state index contributed by atoms with van der Waals surface area (Å²) in [6.07, 6.45) is 0.559. The number of fused-ring (bicyclic) bond motifs is 1. The molecule has 1 amide bonds. The molecule has 0 bridgehead atoms. The molecule has 1 aromatic heterocycles. The molecule has 0 aliphatic carbocycles. The third-order valence-electron chi connectivity index (χ3n) is 5.32. The van der Waals surface area contributed by atoms with Gasteiger partial charge in [-0.3, -0.25) is 14.2 Å². The van der Waals surface area contributed by atoms with Crippen molar-refractivity contribution in [2.24, 2.45) is 5.92 Å². The lowest BCUT2D eigenvalue weighted by Gasteiger charge is -2.41. The fourth-order valence-corrected chi connectivity index (χ4v) is 3.35. The van der Waals surface area contributed by atoms with E-state index in [1.165, 1.54) is 0 Å². The molecule has 128 valence electrons. The zero-order chi connectivity index (χ0) is 17.5. The van der Waals surface area contributed by atoms with Gasteiger partial charge in [-0.05, 0) is 31.9 Å². The molecule has 2 heterocycles. The number of pyridine rings is 1. The zero-order valence-corrected chi connectivity index (χ0v) is 14.5. The van der Waals surface area contributed by atoms with Crippen LogP contribution in [0.5, 0.6) is 0 Å². The van der Waals surface area contributed by atoms with Gasteiger partial charge in [-0.25, -0.2) is 0 Å². The van der Waals surface area contributed by atoms with Crippen molar-refractivity contribution in [2.75, 3.05) is 13.1 Å². The van der Waals surface area contributed by atoms with Crippen molar-refractivity contribution in [2.45, 2.75) is 39.3 Å². The summed E-state index contributed by atoms with van der Waals surface area (Å²) in [4.78, 5) is 26.8. The Balaban J connectivity index is 1.88. The Kier molecular flexibility index (Phi) is 4.22. The fraction of sp³-hybridized carbons (Fsp3) is 0.474.